The fraction of sp³-hybridized carbons (Fsp3) is 0.111. The quantitative estimate of drug-likeness (QED) is 0.264. The average molecular weight is 206 g/mol. The number of rotatable bonds is 1. The van der Waals surface area contributed by atoms with E-state index in [0.29, 0.717) is 16.6 Å². The smallest absolute Gasteiger partial charge is 0.326 e. The monoisotopic (exact) mass is 206 g/mol. The highest BCUT2D eigenvalue weighted by atomic mass is 16.4. The Morgan fingerprint density at radius 2 is 2.33 bits per heavy atom. The third-order valence-corrected chi connectivity index (χ3v) is 2.30. The van der Waals surface area contributed by atoms with E-state index in [4.69, 9.17) is 10.9 Å². The first-order valence-corrected chi connectivity index (χ1v) is 4.30. The van der Waals surface area contributed by atoms with E-state index >= 15 is 0 Å². The molecule has 0 saturated carbocycles. The summed E-state index contributed by atoms with van der Waals surface area (Å²) in [5, 5.41) is 11.5. The number of fused-ring (bicyclic) bond motifs is 1. The van der Waals surface area contributed by atoms with Crippen molar-refractivity contribution >= 4 is 16.9 Å². The number of aromatic amines is 1. The topological polar surface area (TPSA) is 96.4 Å². The predicted molar refractivity (Wildman–Crippen MR) is 56.1 cm³/mol. The Bertz CT molecular complexity index is 594. The number of nitrogens with one attached hydrogen (secondary N) is 1. The minimum absolute atomic E-state index is 0.0183. The van der Waals surface area contributed by atoms with Crippen molar-refractivity contribution in [1.29, 1.82) is 0 Å². The molecule has 0 amide bonds. The molecule has 0 fully saturated rings. The van der Waals surface area contributed by atoms with Gasteiger partial charge < -0.3 is 15.9 Å². The number of H-pyrrole nitrogens is 1. The number of nitrogens with two attached hydrogens (primary N) is 1. The second-order valence-electron chi connectivity index (χ2n) is 3.18. The van der Waals surface area contributed by atoms with Gasteiger partial charge in [0.1, 0.15) is 0 Å². The van der Waals surface area contributed by atoms with Crippen molar-refractivity contribution in [3.8, 4) is 0 Å². The molecule has 0 aliphatic rings. The highest BCUT2D eigenvalue weighted by Crippen LogP contribution is 2.14. The first-order valence-electron chi connectivity index (χ1n) is 4.30. The normalized spacial score (nSPS) is 12.2. The Balaban J connectivity index is 2.92. The van der Waals surface area contributed by atoms with E-state index in [9.17, 15) is 4.79 Å². The molecule has 2 aromatic rings. The molecule has 0 spiro atoms. The van der Waals surface area contributed by atoms with E-state index in [2.05, 4.69) is 10.1 Å². The predicted octanol–water partition coefficient (Wildman–Crippen LogP) is -0.0389. The van der Waals surface area contributed by atoms with Gasteiger partial charge in [-0.15, -0.1) is 0 Å². The van der Waals surface area contributed by atoms with Gasteiger partial charge in [0.15, 0.2) is 5.84 Å². The highest BCUT2D eigenvalue weighted by molar-refractivity contribution is 6.06. The van der Waals surface area contributed by atoms with Crippen molar-refractivity contribution < 1.29 is 5.21 Å². The maximum Gasteiger partial charge on any atom is 0.326 e. The van der Waals surface area contributed by atoms with Crippen molar-refractivity contribution in [3.05, 3.63) is 34.2 Å². The van der Waals surface area contributed by atoms with Gasteiger partial charge in [0.2, 0.25) is 0 Å². The molecule has 0 saturated heterocycles. The second kappa shape index (κ2) is 3.16. The minimum Gasteiger partial charge on any atom is -0.409 e. The summed E-state index contributed by atoms with van der Waals surface area (Å²) in [7, 11) is 1.62. The number of nitrogens with zero attached hydrogens (tertiary/aromatic N) is 2. The largest absolute Gasteiger partial charge is 0.409 e. The Morgan fingerprint density at radius 1 is 1.60 bits per heavy atom. The van der Waals surface area contributed by atoms with Crippen LogP contribution in [0.15, 0.2) is 28.1 Å². The van der Waals surface area contributed by atoms with Crippen molar-refractivity contribution in [3.63, 3.8) is 0 Å². The van der Waals surface area contributed by atoms with E-state index in [1.54, 1.807) is 25.2 Å². The number of benzene rings is 1. The number of hydrogen-bond donors (Lipinski definition) is 3. The molecule has 1 aromatic heterocycles. The Labute approximate surface area is 84.6 Å². The summed E-state index contributed by atoms with van der Waals surface area (Å²) < 4.78 is 1.42. The first-order chi connectivity index (χ1) is 7.15. The molecule has 6 nitrogen and oxygen atoms in total. The number of imidazole rings is 1. The van der Waals surface area contributed by atoms with Crippen molar-refractivity contribution in [2.75, 3.05) is 0 Å². The van der Waals surface area contributed by atoms with Crippen LogP contribution in [0.25, 0.3) is 11.0 Å². The number of hydrogen-bond acceptors (Lipinski definition) is 3. The van der Waals surface area contributed by atoms with Gasteiger partial charge in [-0.1, -0.05) is 11.2 Å². The van der Waals surface area contributed by atoms with Crippen LogP contribution in [0.2, 0.25) is 0 Å². The molecule has 2 rings (SSSR count). The molecular weight excluding hydrogens is 196 g/mol. The Kier molecular flexibility index (Phi) is 1.96. The standard InChI is InChI=1S/C9H10N4O2/c1-13-7-5(8(10)12-15)3-2-4-6(7)11-9(13)14/h2-4,15H,1H3,(H2,10,12)(H,11,14). The van der Waals surface area contributed by atoms with Gasteiger partial charge in [-0.2, -0.15) is 0 Å². The molecule has 0 aliphatic carbocycles. The van der Waals surface area contributed by atoms with Crippen LogP contribution in [-0.2, 0) is 7.05 Å². The molecule has 15 heavy (non-hydrogen) atoms. The molecule has 1 heterocycles. The lowest BCUT2D eigenvalue weighted by molar-refractivity contribution is 0.318. The van der Waals surface area contributed by atoms with Gasteiger partial charge in [-0.05, 0) is 12.1 Å². The van der Waals surface area contributed by atoms with Crippen molar-refractivity contribution in [1.82, 2.24) is 9.55 Å². The van der Waals surface area contributed by atoms with Gasteiger partial charge in [0.25, 0.3) is 0 Å². The van der Waals surface area contributed by atoms with Crippen LogP contribution in [0.3, 0.4) is 0 Å². The number of para-hydroxylation sites is 1. The van der Waals surface area contributed by atoms with E-state index in [-0.39, 0.29) is 11.5 Å². The van der Waals surface area contributed by atoms with Crippen LogP contribution >= 0.6 is 0 Å². The third-order valence-electron chi connectivity index (χ3n) is 2.30. The highest BCUT2D eigenvalue weighted by Gasteiger charge is 2.10. The molecule has 78 valence electrons. The molecule has 4 N–H and O–H groups in total. The van der Waals surface area contributed by atoms with E-state index in [1.165, 1.54) is 4.57 Å². The summed E-state index contributed by atoms with van der Waals surface area (Å²) in [6.45, 7) is 0. The Hall–Kier alpha value is -2.24. The van der Waals surface area contributed by atoms with Crippen LogP contribution in [0.1, 0.15) is 5.56 Å². The fourth-order valence-corrected chi connectivity index (χ4v) is 1.57. The van der Waals surface area contributed by atoms with Gasteiger partial charge >= 0.3 is 5.69 Å². The van der Waals surface area contributed by atoms with Crippen LogP contribution < -0.4 is 11.4 Å². The van der Waals surface area contributed by atoms with Crippen LogP contribution in [0.5, 0.6) is 0 Å². The average Bonchev–Trinajstić information content (AvgIpc) is 2.54. The zero-order chi connectivity index (χ0) is 11.0. The molecule has 6 heteroatoms. The first kappa shape index (κ1) is 9.32. The number of oxime groups is 1. The molecule has 0 aliphatic heterocycles. The maximum absolute atomic E-state index is 11.4. The van der Waals surface area contributed by atoms with Gasteiger partial charge in [-0.3, -0.25) is 4.57 Å². The minimum atomic E-state index is -0.233. The molecule has 0 bridgehead atoms. The van der Waals surface area contributed by atoms with Crippen LogP contribution in [0.4, 0.5) is 0 Å². The van der Waals surface area contributed by atoms with E-state index < -0.39 is 0 Å². The third kappa shape index (κ3) is 1.26. The number of aryl methyl sites for hydroxylation is 1. The zero-order valence-corrected chi connectivity index (χ0v) is 8.06. The van der Waals surface area contributed by atoms with Gasteiger partial charge in [-0.25, -0.2) is 4.79 Å². The van der Waals surface area contributed by atoms with Crippen LogP contribution in [0, 0.1) is 0 Å². The number of aromatic nitrogens is 2. The summed E-state index contributed by atoms with van der Waals surface area (Å²) in [6.07, 6.45) is 0. The van der Waals surface area contributed by atoms with Gasteiger partial charge in [0, 0.05) is 12.6 Å². The summed E-state index contributed by atoms with van der Waals surface area (Å²) in [5.74, 6) is -0.0183. The lowest BCUT2D eigenvalue weighted by Crippen LogP contribution is -2.17. The molecule has 0 atom stereocenters. The summed E-state index contributed by atoms with van der Waals surface area (Å²) in [4.78, 5) is 14.0. The maximum atomic E-state index is 11.4. The van der Waals surface area contributed by atoms with Gasteiger partial charge in [0.05, 0.1) is 11.0 Å². The van der Waals surface area contributed by atoms with Crippen molar-refractivity contribution in [2.24, 2.45) is 17.9 Å². The molecule has 0 radical (unpaired) electrons. The summed E-state index contributed by atoms with van der Waals surface area (Å²) in [5.41, 5.74) is 7.08. The summed E-state index contributed by atoms with van der Waals surface area (Å²) >= 11 is 0. The fourth-order valence-electron chi connectivity index (χ4n) is 1.57. The Morgan fingerprint density at radius 3 is 3.00 bits per heavy atom. The SMILES string of the molecule is Cn1c(=O)[nH]c2cccc(/C(N)=N\O)c21. The summed E-state index contributed by atoms with van der Waals surface area (Å²) in [6, 6.07) is 5.17. The lowest BCUT2D eigenvalue weighted by atomic mass is 10.1. The molecular formula is C9H10N4O2. The number of amidine groups is 1. The van der Waals surface area contributed by atoms with Crippen molar-refractivity contribution in [2.45, 2.75) is 0 Å². The van der Waals surface area contributed by atoms with E-state index in [1.807, 2.05) is 0 Å². The molecule has 1 aromatic carbocycles. The zero-order valence-electron chi connectivity index (χ0n) is 8.06. The van der Waals surface area contributed by atoms with Crippen LogP contribution in [-0.4, -0.2) is 20.6 Å². The van der Waals surface area contributed by atoms with E-state index in [0.717, 1.165) is 0 Å². The second-order valence-corrected chi connectivity index (χ2v) is 3.18. The molecule has 0 unspecified atom stereocenters. The lowest BCUT2D eigenvalue weighted by Gasteiger charge is -2.02.